The molecule has 35 heavy (non-hydrogen) atoms. The van der Waals surface area contributed by atoms with E-state index in [2.05, 4.69) is 10.6 Å². The Labute approximate surface area is 206 Å². The van der Waals surface area contributed by atoms with Gasteiger partial charge < -0.3 is 20.6 Å². The normalized spacial score (nSPS) is 13.5. The van der Waals surface area contributed by atoms with Gasteiger partial charge in [-0.1, -0.05) is 30.3 Å². The summed E-state index contributed by atoms with van der Waals surface area (Å²) in [5.74, 6) is -2.19. The van der Waals surface area contributed by atoms with E-state index in [1.165, 1.54) is 11.3 Å². The van der Waals surface area contributed by atoms with Crippen LogP contribution in [0.1, 0.15) is 47.1 Å². The molecule has 0 saturated heterocycles. The van der Waals surface area contributed by atoms with Gasteiger partial charge in [0.05, 0.1) is 4.88 Å². The van der Waals surface area contributed by atoms with Crippen molar-refractivity contribution in [3.8, 4) is 0 Å². The number of thiophene rings is 1. The van der Waals surface area contributed by atoms with E-state index < -0.39 is 17.9 Å². The number of nitrogens with one attached hydrogen (secondary N) is 2. The quantitative estimate of drug-likeness (QED) is 0.470. The maximum atomic E-state index is 12.9. The van der Waals surface area contributed by atoms with Crippen LogP contribution in [0.25, 0.3) is 0 Å². The molecule has 8 nitrogen and oxygen atoms in total. The molecule has 2 aromatic carbocycles. The van der Waals surface area contributed by atoms with Gasteiger partial charge in [-0.05, 0) is 59.7 Å². The zero-order chi connectivity index (χ0) is 24.9. The van der Waals surface area contributed by atoms with Gasteiger partial charge in [-0.15, -0.1) is 11.3 Å². The highest BCUT2D eigenvalue weighted by atomic mass is 32.1. The van der Waals surface area contributed by atoms with Gasteiger partial charge in [0.2, 0.25) is 0 Å². The van der Waals surface area contributed by atoms with Crippen LogP contribution in [0.5, 0.6) is 0 Å². The summed E-state index contributed by atoms with van der Waals surface area (Å²) in [7, 11) is 0. The molecule has 9 heteroatoms. The number of amides is 3. The van der Waals surface area contributed by atoms with Crippen molar-refractivity contribution < 1.29 is 24.3 Å². The highest BCUT2D eigenvalue weighted by Gasteiger charge is 2.26. The number of carboxylic acids is 1. The molecule has 1 aliphatic rings. The van der Waals surface area contributed by atoms with Gasteiger partial charge in [0, 0.05) is 30.8 Å². The Bertz CT molecular complexity index is 1260. The molecule has 0 aliphatic carbocycles. The fourth-order valence-electron chi connectivity index (χ4n) is 4.04. The van der Waals surface area contributed by atoms with Crippen LogP contribution < -0.4 is 10.6 Å². The third kappa shape index (κ3) is 5.58. The minimum Gasteiger partial charge on any atom is -0.480 e. The third-order valence-electron chi connectivity index (χ3n) is 5.93. The zero-order valence-electron chi connectivity index (χ0n) is 19.1. The Hall–Kier alpha value is -3.98. The minimum atomic E-state index is -1.28. The number of nitrogens with zero attached hydrogens (tertiary/aromatic N) is 1. The Morgan fingerprint density at radius 3 is 2.49 bits per heavy atom. The molecule has 0 spiro atoms. The maximum Gasteiger partial charge on any atom is 0.328 e. The van der Waals surface area contributed by atoms with E-state index in [4.69, 9.17) is 0 Å². The van der Waals surface area contributed by atoms with E-state index in [1.54, 1.807) is 47.5 Å². The Kier molecular flexibility index (Phi) is 7.26. The zero-order valence-corrected chi connectivity index (χ0v) is 19.9. The topological polar surface area (TPSA) is 116 Å². The van der Waals surface area contributed by atoms with Gasteiger partial charge in [-0.2, -0.15) is 0 Å². The molecule has 0 saturated carbocycles. The van der Waals surface area contributed by atoms with E-state index in [1.807, 2.05) is 24.3 Å². The Balaban J connectivity index is 1.43. The molecule has 4 rings (SSSR count). The number of aliphatic carboxylic acids is 1. The van der Waals surface area contributed by atoms with Crippen LogP contribution in [0, 0.1) is 6.92 Å². The summed E-state index contributed by atoms with van der Waals surface area (Å²) >= 11 is 1.25. The first-order valence-corrected chi connectivity index (χ1v) is 12.0. The fraction of sp³-hybridized carbons (Fsp3) is 0.231. The second-order valence-corrected chi connectivity index (χ2v) is 9.28. The average Bonchev–Trinajstić information content (AvgIpc) is 3.40. The number of carboxylic acid groups (broad SMARTS) is 1. The van der Waals surface area contributed by atoms with Gasteiger partial charge in [-0.3, -0.25) is 14.4 Å². The molecular formula is C26H25N3O5S. The van der Waals surface area contributed by atoms with Crippen molar-refractivity contribution in [3.63, 3.8) is 0 Å². The summed E-state index contributed by atoms with van der Waals surface area (Å²) in [5, 5.41) is 16.4. The molecule has 1 aliphatic heterocycles. The standard InChI is InChI=1S/C26H25N3O5S/c1-16-12-19-15-29(25(32)17-6-3-2-4-7-17)10-9-18(19)13-20(16)23(30)28-21(26(33)34)14-27-24(31)22-8-5-11-35-22/h2-8,11-13,21H,9-10,14-15H2,1H3,(H,27,31)(H,28,30)(H,33,34)/t21-/m0/s1. The third-order valence-corrected chi connectivity index (χ3v) is 6.80. The number of carbonyl (C=O) groups excluding carboxylic acids is 3. The second kappa shape index (κ2) is 10.5. The molecule has 3 aromatic rings. The predicted octanol–water partition coefficient (Wildman–Crippen LogP) is 2.87. The first-order valence-electron chi connectivity index (χ1n) is 11.2. The average molecular weight is 492 g/mol. The SMILES string of the molecule is Cc1cc2c(cc1C(=O)N[C@@H](CNC(=O)c1cccs1)C(=O)O)CCN(C(=O)c1ccccc1)C2. The fourth-order valence-corrected chi connectivity index (χ4v) is 4.68. The van der Waals surface area contributed by atoms with Gasteiger partial charge in [0.15, 0.2) is 0 Å². The second-order valence-electron chi connectivity index (χ2n) is 8.33. The van der Waals surface area contributed by atoms with Gasteiger partial charge >= 0.3 is 5.97 Å². The molecule has 0 radical (unpaired) electrons. The van der Waals surface area contributed by atoms with Gasteiger partial charge in [0.25, 0.3) is 17.7 Å². The summed E-state index contributed by atoms with van der Waals surface area (Å²) in [4.78, 5) is 51.8. The highest BCUT2D eigenvalue weighted by molar-refractivity contribution is 7.12. The van der Waals surface area contributed by atoms with Crippen molar-refractivity contribution in [2.24, 2.45) is 0 Å². The number of rotatable bonds is 7. The van der Waals surface area contributed by atoms with E-state index >= 15 is 0 Å². The molecule has 3 amide bonds. The minimum absolute atomic E-state index is 0.0374. The van der Waals surface area contributed by atoms with Crippen LogP contribution in [-0.4, -0.2) is 52.8 Å². The van der Waals surface area contributed by atoms with E-state index in [9.17, 15) is 24.3 Å². The number of fused-ring (bicyclic) bond motifs is 1. The van der Waals surface area contributed by atoms with Crippen molar-refractivity contribution >= 4 is 35.0 Å². The van der Waals surface area contributed by atoms with Crippen molar-refractivity contribution in [1.82, 2.24) is 15.5 Å². The summed E-state index contributed by atoms with van der Waals surface area (Å²) in [6.07, 6.45) is 0.591. The van der Waals surface area contributed by atoms with E-state index in [-0.39, 0.29) is 18.4 Å². The lowest BCUT2D eigenvalue weighted by Crippen LogP contribution is -2.48. The number of carbonyl (C=O) groups is 4. The smallest absolute Gasteiger partial charge is 0.328 e. The van der Waals surface area contributed by atoms with Crippen LogP contribution in [0.15, 0.2) is 60.0 Å². The van der Waals surface area contributed by atoms with Crippen molar-refractivity contribution in [1.29, 1.82) is 0 Å². The number of hydrogen-bond donors (Lipinski definition) is 3. The lowest BCUT2D eigenvalue weighted by Gasteiger charge is -2.30. The summed E-state index contributed by atoms with van der Waals surface area (Å²) in [6, 6.07) is 14.8. The van der Waals surface area contributed by atoms with Crippen molar-refractivity contribution in [3.05, 3.63) is 92.7 Å². The largest absolute Gasteiger partial charge is 0.480 e. The molecule has 0 bridgehead atoms. The number of benzene rings is 2. The number of hydrogen-bond acceptors (Lipinski definition) is 5. The van der Waals surface area contributed by atoms with Crippen molar-refractivity contribution in [2.45, 2.75) is 25.9 Å². The van der Waals surface area contributed by atoms with Crippen LogP contribution in [-0.2, 0) is 17.8 Å². The predicted molar refractivity (Wildman–Crippen MR) is 132 cm³/mol. The van der Waals surface area contributed by atoms with Gasteiger partial charge in [-0.25, -0.2) is 4.79 Å². The summed E-state index contributed by atoms with van der Waals surface area (Å²) in [5.41, 5.74) is 3.61. The molecule has 1 aromatic heterocycles. The van der Waals surface area contributed by atoms with E-state index in [0.717, 1.165) is 11.1 Å². The highest BCUT2D eigenvalue weighted by Crippen LogP contribution is 2.24. The number of aryl methyl sites for hydroxylation is 1. The summed E-state index contributed by atoms with van der Waals surface area (Å²) < 4.78 is 0. The van der Waals surface area contributed by atoms with Crippen LogP contribution in [0.3, 0.4) is 0 Å². The first-order chi connectivity index (χ1) is 16.8. The van der Waals surface area contributed by atoms with Crippen LogP contribution >= 0.6 is 11.3 Å². The molecular weight excluding hydrogens is 466 g/mol. The Morgan fingerprint density at radius 1 is 1.03 bits per heavy atom. The molecule has 1 atom stereocenters. The molecule has 2 heterocycles. The lowest BCUT2D eigenvalue weighted by atomic mass is 9.93. The maximum absolute atomic E-state index is 12.9. The Morgan fingerprint density at radius 2 is 1.80 bits per heavy atom. The van der Waals surface area contributed by atoms with Gasteiger partial charge in [0.1, 0.15) is 6.04 Å². The molecule has 3 N–H and O–H groups in total. The molecule has 0 unspecified atom stereocenters. The molecule has 0 fully saturated rings. The summed E-state index contributed by atoms with van der Waals surface area (Å²) in [6.45, 7) is 2.51. The van der Waals surface area contributed by atoms with Crippen LogP contribution in [0.4, 0.5) is 0 Å². The lowest BCUT2D eigenvalue weighted by molar-refractivity contribution is -0.139. The first kappa shape index (κ1) is 24.2. The van der Waals surface area contributed by atoms with E-state index in [0.29, 0.717) is 41.1 Å². The van der Waals surface area contributed by atoms with Crippen molar-refractivity contribution in [2.75, 3.05) is 13.1 Å². The van der Waals surface area contributed by atoms with Crippen LogP contribution in [0.2, 0.25) is 0 Å². The monoisotopic (exact) mass is 491 g/mol. The molecule has 180 valence electrons.